The lowest BCUT2D eigenvalue weighted by molar-refractivity contribution is 0.102. The van der Waals surface area contributed by atoms with E-state index in [2.05, 4.69) is 27.5 Å². The van der Waals surface area contributed by atoms with Crippen molar-refractivity contribution >= 4 is 40.5 Å². The summed E-state index contributed by atoms with van der Waals surface area (Å²) >= 11 is 1.36. The lowest BCUT2D eigenvalue weighted by atomic mass is 10.1. The molecule has 2 aromatic carbocycles. The third kappa shape index (κ3) is 5.04. The predicted molar refractivity (Wildman–Crippen MR) is 127 cm³/mol. The number of hydrogen-bond donors (Lipinski definition) is 3. The average molecular weight is 456 g/mol. The van der Waals surface area contributed by atoms with E-state index >= 15 is 0 Å². The van der Waals surface area contributed by atoms with Crippen LogP contribution in [0.25, 0.3) is 22.6 Å². The Morgan fingerprint density at radius 3 is 2.42 bits per heavy atom. The predicted octanol–water partition coefficient (Wildman–Crippen LogP) is 5.31. The first-order chi connectivity index (χ1) is 14.7. The quantitative estimate of drug-likeness (QED) is 0.351. The Hall–Kier alpha value is -3.36. The van der Waals surface area contributed by atoms with Gasteiger partial charge >= 0.3 is 0 Å². The van der Waals surface area contributed by atoms with Gasteiger partial charge in [-0.3, -0.25) is 10.1 Å². The molecule has 0 spiro atoms. The molecule has 9 heteroatoms. The summed E-state index contributed by atoms with van der Waals surface area (Å²) in [4.78, 5) is 25.0. The molecule has 2 heterocycles. The molecule has 0 fully saturated rings. The Morgan fingerprint density at radius 2 is 1.81 bits per heavy atom. The molecule has 3 N–H and O–H groups in total. The fourth-order valence-corrected chi connectivity index (χ4v) is 3.55. The van der Waals surface area contributed by atoms with E-state index in [9.17, 15) is 4.79 Å². The van der Waals surface area contributed by atoms with Gasteiger partial charge in [0, 0.05) is 34.9 Å². The van der Waals surface area contributed by atoms with Gasteiger partial charge in [0.1, 0.15) is 23.0 Å². The summed E-state index contributed by atoms with van der Waals surface area (Å²) in [5.41, 5.74) is 3.68. The van der Waals surface area contributed by atoms with Gasteiger partial charge in [-0.15, -0.1) is 23.7 Å². The van der Waals surface area contributed by atoms with E-state index < -0.39 is 0 Å². The Bertz CT molecular complexity index is 1130. The minimum Gasteiger partial charge on any atom is -0.497 e. The number of carbonyl (C=O) groups is 1. The van der Waals surface area contributed by atoms with Crippen LogP contribution in [0.2, 0.25) is 0 Å². The molecule has 0 radical (unpaired) electrons. The van der Waals surface area contributed by atoms with Crippen molar-refractivity contribution in [1.29, 1.82) is 0 Å². The van der Waals surface area contributed by atoms with Crippen LogP contribution in [0.15, 0.2) is 60.1 Å². The molecule has 0 bridgehead atoms. The normalized spacial score (nSPS) is 10.3. The molecule has 0 unspecified atom stereocenters. The van der Waals surface area contributed by atoms with Gasteiger partial charge in [0.25, 0.3) is 5.91 Å². The molecule has 0 aliphatic rings. The first-order valence-electron chi connectivity index (χ1n) is 9.47. The van der Waals surface area contributed by atoms with E-state index in [1.54, 1.807) is 13.3 Å². The first-order valence-corrected chi connectivity index (χ1v) is 10.4. The van der Waals surface area contributed by atoms with Crippen LogP contribution >= 0.6 is 23.7 Å². The van der Waals surface area contributed by atoms with Gasteiger partial charge in [0.2, 0.25) is 0 Å². The molecule has 0 aliphatic heterocycles. The van der Waals surface area contributed by atoms with E-state index in [1.807, 2.05) is 53.9 Å². The topological polar surface area (TPSA) is 91.9 Å². The number of nitrogens with zero attached hydrogens (tertiary/aromatic N) is 2. The Kier molecular flexibility index (Phi) is 7.28. The zero-order valence-corrected chi connectivity index (χ0v) is 18.6. The highest BCUT2D eigenvalue weighted by molar-refractivity contribution is 7.13. The number of amides is 1. The maximum atomic E-state index is 13.0. The number of aromatic nitrogens is 3. The number of methoxy groups -OCH3 is 1. The van der Waals surface area contributed by atoms with Gasteiger partial charge < -0.3 is 15.0 Å². The number of ether oxygens (including phenoxy) is 1. The Balaban J connectivity index is 0.00000272. The van der Waals surface area contributed by atoms with Crippen LogP contribution in [0, 0.1) is 0 Å². The Labute approximate surface area is 190 Å². The summed E-state index contributed by atoms with van der Waals surface area (Å²) in [5, 5.41) is 8.44. The number of halogens is 1. The van der Waals surface area contributed by atoms with Crippen LogP contribution in [0.4, 0.5) is 10.8 Å². The minimum absolute atomic E-state index is 0. The fourth-order valence-electron chi connectivity index (χ4n) is 3.03. The molecule has 31 heavy (non-hydrogen) atoms. The highest BCUT2D eigenvalue weighted by Crippen LogP contribution is 2.29. The van der Waals surface area contributed by atoms with Crippen LogP contribution in [0.3, 0.4) is 0 Å². The molecular formula is C22H22ClN5O2S. The number of nitrogens with one attached hydrogen (secondary N) is 3. The Morgan fingerprint density at radius 1 is 1.10 bits per heavy atom. The van der Waals surface area contributed by atoms with Crippen LogP contribution < -0.4 is 15.4 Å². The number of thiazole rings is 1. The monoisotopic (exact) mass is 455 g/mol. The molecule has 160 valence electrons. The smallest absolute Gasteiger partial charge is 0.276 e. The zero-order chi connectivity index (χ0) is 20.9. The maximum absolute atomic E-state index is 13.0. The lowest BCUT2D eigenvalue weighted by Gasteiger charge is -2.04. The van der Waals surface area contributed by atoms with E-state index in [-0.39, 0.29) is 18.3 Å². The van der Waals surface area contributed by atoms with Crippen molar-refractivity contribution in [3.8, 4) is 28.4 Å². The van der Waals surface area contributed by atoms with Crippen molar-refractivity contribution in [3.05, 3.63) is 65.8 Å². The number of benzene rings is 2. The summed E-state index contributed by atoms with van der Waals surface area (Å²) in [6.45, 7) is 2.90. The fraction of sp³-hybridized carbons (Fsp3) is 0.136. The number of imidazole rings is 1. The molecule has 4 rings (SSSR count). The number of rotatable bonds is 7. The second kappa shape index (κ2) is 10.1. The van der Waals surface area contributed by atoms with Crippen molar-refractivity contribution in [2.75, 3.05) is 24.3 Å². The zero-order valence-electron chi connectivity index (χ0n) is 17.0. The number of H-pyrrole nitrogens is 1. The number of anilines is 2. The standard InChI is InChI=1S/C22H21N5O2S.ClH/c1-3-23-16-8-4-15(5-9-16)20-25-18(14-6-10-17(29-2)11-7-14)19(26-20)21(28)27-22-24-12-13-30-22;/h4-13,23H,3H2,1-2H3,(H,25,26)(H,24,27,28);1H. The molecule has 1 amide bonds. The summed E-state index contributed by atoms with van der Waals surface area (Å²) in [6.07, 6.45) is 1.65. The second-order valence-corrected chi connectivity index (χ2v) is 7.33. The molecular weight excluding hydrogens is 434 g/mol. The minimum atomic E-state index is -0.293. The maximum Gasteiger partial charge on any atom is 0.276 e. The largest absolute Gasteiger partial charge is 0.497 e. The van der Waals surface area contributed by atoms with Crippen LogP contribution in [-0.4, -0.2) is 34.5 Å². The van der Waals surface area contributed by atoms with Crippen LogP contribution in [0.1, 0.15) is 17.4 Å². The SMILES string of the molecule is CCNc1ccc(-c2nc(-c3ccc(OC)cc3)c(C(=O)Nc3nccs3)[nH]2)cc1.Cl. The number of aromatic amines is 1. The molecule has 7 nitrogen and oxygen atoms in total. The molecule has 0 aliphatic carbocycles. The highest BCUT2D eigenvalue weighted by atomic mass is 35.5. The number of hydrogen-bond acceptors (Lipinski definition) is 6. The van der Waals surface area contributed by atoms with Gasteiger partial charge in [0.15, 0.2) is 5.13 Å². The number of carbonyl (C=O) groups excluding carboxylic acids is 1. The summed E-state index contributed by atoms with van der Waals surface area (Å²) in [7, 11) is 1.62. The van der Waals surface area contributed by atoms with Gasteiger partial charge in [-0.1, -0.05) is 0 Å². The van der Waals surface area contributed by atoms with Crippen molar-refractivity contribution in [2.45, 2.75) is 6.92 Å². The van der Waals surface area contributed by atoms with E-state index in [1.165, 1.54) is 11.3 Å². The molecule has 2 aromatic heterocycles. The van der Waals surface area contributed by atoms with Crippen molar-refractivity contribution in [3.63, 3.8) is 0 Å². The molecule has 0 saturated heterocycles. The third-order valence-corrected chi connectivity index (χ3v) is 5.17. The summed E-state index contributed by atoms with van der Waals surface area (Å²) < 4.78 is 5.24. The van der Waals surface area contributed by atoms with E-state index in [4.69, 9.17) is 9.72 Å². The second-order valence-electron chi connectivity index (χ2n) is 6.44. The van der Waals surface area contributed by atoms with E-state index in [0.29, 0.717) is 22.3 Å². The van der Waals surface area contributed by atoms with Crippen molar-refractivity contribution < 1.29 is 9.53 Å². The average Bonchev–Trinajstić information content (AvgIpc) is 3.45. The molecule has 0 saturated carbocycles. The van der Waals surface area contributed by atoms with Crippen molar-refractivity contribution in [2.24, 2.45) is 0 Å². The third-order valence-electron chi connectivity index (χ3n) is 4.49. The lowest BCUT2D eigenvalue weighted by Crippen LogP contribution is -2.13. The molecule has 4 aromatic rings. The van der Waals surface area contributed by atoms with Crippen molar-refractivity contribution in [1.82, 2.24) is 15.0 Å². The summed E-state index contributed by atoms with van der Waals surface area (Å²) in [5.74, 6) is 1.06. The summed E-state index contributed by atoms with van der Waals surface area (Å²) in [6, 6.07) is 15.4. The van der Waals surface area contributed by atoms with Gasteiger partial charge in [0.05, 0.1) is 7.11 Å². The van der Waals surface area contributed by atoms with Gasteiger partial charge in [-0.05, 0) is 55.5 Å². The van der Waals surface area contributed by atoms with Gasteiger partial charge in [-0.25, -0.2) is 9.97 Å². The molecule has 0 atom stereocenters. The first kappa shape index (κ1) is 22.3. The highest BCUT2D eigenvalue weighted by Gasteiger charge is 2.20. The van der Waals surface area contributed by atoms with Gasteiger partial charge in [-0.2, -0.15) is 0 Å². The van der Waals surface area contributed by atoms with Crippen LogP contribution in [0.5, 0.6) is 5.75 Å². The van der Waals surface area contributed by atoms with E-state index in [0.717, 1.165) is 29.1 Å². The van der Waals surface area contributed by atoms with Crippen LogP contribution in [-0.2, 0) is 0 Å².